The van der Waals surface area contributed by atoms with Crippen molar-refractivity contribution < 1.29 is 9.53 Å². The van der Waals surface area contributed by atoms with Crippen molar-refractivity contribution in [1.82, 2.24) is 9.80 Å². The molecule has 5 nitrogen and oxygen atoms in total. The summed E-state index contributed by atoms with van der Waals surface area (Å²) in [7, 11) is 0. The summed E-state index contributed by atoms with van der Waals surface area (Å²) in [4.78, 5) is 17.3. The van der Waals surface area contributed by atoms with E-state index in [1.54, 1.807) is 0 Å². The average Bonchev–Trinajstić information content (AvgIpc) is 2.60. The Morgan fingerprint density at radius 2 is 1.81 bits per heavy atom. The summed E-state index contributed by atoms with van der Waals surface area (Å²) in [6, 6.07) is 8.27. The van der Waals surface area contributed by atoms with E-state index in [4.69, 9.17) is 10.5 Å². The monoisotopic (exact) mass is 359 g/mol. The molecule has 2 heterocycles. The summed E-state index contributed by atoms with van der Waals surface area (Å²) in [6.45, 7) is 10.6. The highest BCUT2D eigenvalue weighted by Gasteiger charge is 2.31. The predicted molar refractivity (Wildman–Crippen MR) is 104 cm³/mol. The molecule has 144 valence electrons. The predicted octanol–water partition coefficient (Wildman–Crippen LogP) is 2.50. The van der Waals surface area contributed by atoms with E-state index in [1.807, 2.05) is 17.0 Å². The van der Waals surface area contributed by atoms with Crippen LogP contribution in [0.4, 0.5) is 0 Å². The van der Waals surface area contributed by atoms with Crippen LogP contribution in [-0.2, 0) is 11.3 Å². The fourth-order valence-corrected chi connectivity index (χ4v) is 4.45. The summed E-state index contributed by atoms with van der Waals surface area (Å²) in [5.41, 5.74) is 7.95. The van der Waals surface area contributed by atoms with Gasteiger partial charge >= 0.3 is 0 Å². The number of nitrogens with zero attached hydrogens (tertiary/aromatic N) is 2. The first-order chi connectivity index (χ1) is 12.5. The molecule has 2 N–H and O–H groups in total. The van der Waals surface area contributed by atoms with Crippen molar-refractivity contribution in [2.75, 3.05) is 26.2 Å². The number of carbonyl (C=O) groups excluding carboxylic acids is 1. The summed E-state index contributed by atoms with van der Waals surface area (Å²) in [5, 5.41) is 0. The Morgan fingerprint density at radius 1 is 1.15 bits per heavy atom. The Kier molecular flexibility index (Phi) is 6.33. The maximum atomic E-state index is 12.9. The largest absolute Gasteiger partial charge is 0.373 e. The van der Waals surface area contributed by atoms with Crippen molar-refractivity contribution in [3.05, 3.63) is 35.4 Å². The van der Waals surface area contributed by atoms with E-state index in [0.29, 0.717) is 12.5 Å². The number of hydrogen-bond acceptors (Lipinski definition) is 4. The molecule has 5 heteroatoms. The topological polar surface area (TPSA) is 58.8 Å². The van der Waals surface area contributed by atoms with Gasteiger partial charge in [0.25, 0.3) is 5.91 Å². The van der Waals surface area contributed by atoms with Crippen LogP contribution in [0.1, 0.15) is 49.5 Å². The molecule has 26 heavy (non-hydrogen) atoms. The van der Waals surface area contributed by atoms with E-state index in [2.05, 4.69) is 37.8 Å². The lowest BCUT2D eigenvalue weighted by Gasteiger charge is -2.39. The van der Waals surface area contributed by atoms with Crippen LogP contribution in [0.25, 0.3) is 0 Å². The van der Waals surface area contributed by atoms with Crippen LogP contribution in [0.3, 0.4) is 0 Å². The third-order valence-corrected chi connectivity index (χ3v) is 5.72. The van der Waals surface area contributed by atoms with Crippen LogP contribution in [0.15, 0.2) is 24.3 Å². The minimum absolute atomic E-state index is 0.118. The van der Waals surface area contributed by atoms with Gasteiger partial charge in [0.1, 0.15) is 0 Å². The number of ether oxygens (including phenoxy) is 1. The SMILES string of the molecule is C[C@@H]1CN(Cc2ccc(C(=O)N3CCC[C@H](C)[C@@H]3CN)cc2)C[C@H](C)O1. The van der Waals surface area contributed by atoms with Gasteiger partial charge < -0.3 is 15.4 Å². The minimum Gasteiger partial charge on any atom is -0.373 e. The van der Waals surface area contributed by atoms with Crippen molar-refractivity contribution in [1.29, 1.82) is 0 Å². The van der Waals surface area contributed by atoms with E-state index < -0.39 is 0 Å². The molecular formula is C21H33N3O2. The zero-order valence-corrected chi connectivity index (χ0v) is 16.4. The molecule has 3 rings (SSSR count). The maximum absolute atomic E-state index is 12.9. The highest BCUT2D eigenvalue weighted by atomic mass is 16.5. The molecule has 0 spiro atoms. The summed E-state index contributed by atoms with van der Waals surface area (Å²) in [6.07, 6.45) is 2.76. The molecule has 0 saturated carbocycles. The van der Waals surface area contributed by atoms with E-state index >= 15 is 0 Å². The van der Waals surface area contributed by atoms with Crippen LogP contribution >= 0.6 is 0 Å². The van der Waals surface area contributed by atoms with Gasteiger partial charge in [-0.05, 0) is 50.3 Å². The maximum Gasteiger partial charge on any atom is 0.254 e. The molecule has 0 aromatic heterocycles. The highest BCUT2D eigenvalue weighted by Crippen LogP contribution is 2.24. The number of benzene rings is 1. The molecule has 0 radical (unpaired) electrons. The summed E-state index contributed by atoms with van der Waals surface area (Å²) in [5.74, 6) is 0.592. The van der Waals surface area contributed by atoms with Gasteiger partial charge in [0, 0.05) is 44.3 Å². The summed E-state index contributed by atoms with van der Waals surface area (Å²) >= 11 is 0. The van der Waals surface area contributed by atoms with Gasteiger partial charge in [0.2, 0.25) is 0 Å². The first kappa shape index (κ1) is 19.3. The smallest absolute Gasteiger partial charge is 0.254 e. The van der Waals surface area contributed by atoms with E-state index in [-0.39, 0.29) is 24.2 Å². The molecule has 0 bridgehead atoms. The fourth-order valence-electron chi connectivity index (χ4n) is 4.45. The van der Waals surface area contributed by atoms with Crippen molar-refractivity contribution in [3.8, 4) is 0 Å². The van der Waals surface area contributed by atoms with Gasteiger partial charge in [-0.3, -0.25) is 9.69 Å². The first-order valence-corrected chi connectivity index (χ1v) is 9.95. The summed E-state index contributed by atoms with van der Waals surface area (Å²) < 4.78 is 5.80. The standard InChI is InChI=1S/C21H33N3O2/c1-15-5-4-10-24(20(15)11-22)21(25)19-8-6-18(7-9-19)14-23-12-16(2)26-17(3)13-23/h6-9,15-17,20H,4-5,10-14,22H2,1-3H3/t15-,16-,17+,20-/m0/s1. The number of piperidine rings is 1. The second-order valence-corrected chi connectivity index (χ2v) is 8.07. The molecule has 1 aromatic rings. The zero-order valence-electron chi connectivity index (χ0n) is 16.4. The van der Waals surface area contributed by atoms with Crippen LogP contribution in [0.2, 0.25) is 0 Å². The van der Waals surface area contributed by atoms with Gasteiger partial charge in [-0.1, -0.05) is 19.1 Å². The van der Waals surface area contributed by atoms with Gasteiger partial charge in [-0.2, -0.15) is 0 Å². The quantitative estimate of drug-likeness (QED) is 0.897. The van der Waals surface area contributed by atoms with E-state index in [1.165, 1.54) is 5.56 Å². The number of rotatable bonds is 4. The number of amides is 1. The fraction of sp³-hybridized carbons (Fsp3) is 0.667. The second kappa shape index (κ2) is 8.51. The van der Waals surface area contributed by atoms with E-state index in [9.17, 15) is 4.79 Å². The molecule has 2 saturated heterocycles. The molecule has 2 aliphatic heterocycles. The van der Waals surface area contributed by atoms with Gasteiger partial charge in [0.05, 0.1) is 12.2 Å². The lowest BCUT2D eigenvalue weighted by Crippen LogP contribution is -2.51. The number of morpholine rings is 1. The second-order valence-electron chi connectivity index (χ2n) is 8.07. The van der Waals surface area contributed by atoms with Crippen LogP contribution < -0.4 is 5.73 Å². The number of carbonyl (C=O) groups is 1. The molecular weight excluding hydrogens is 326 g/mol. The zero-order chi connectivity index (χ0) is 18.7. The minimum atomic E-state index is 0.118. The molecule has 1 amide bonds. The lowest BCUT2D eigenvalue weighted by atomic mass is 9.90. The number of likely N-dealkylation sites (tertiary alicyclic amines) is 1. The van der Waals surface area contributed by atoms with Crippen molar-refractivity contribution in [2.45, 2.75) is 58.4 Å². The lowest BCUT2D eigenvalue weighted by molar-refractivity contribution is -0.0704. The van der Waals surface area contributed by atoms with Crippen molar-refractivity contribution >= 4 is 5.91 Å². The molecule has 0 unspecified atom stereocenters. The molecule has 2 aliphatic rings. The van der Waals surface area contributed by atoms with Crippen LogP contribution in [0, 0.1) is 5.92 Å². The Balaban J connectivity index is 1.64. The molecule has 1 aromatic carbocycles. The molecule has 0 aliphatic carbocycles. The van der Waals surface area contributed by atoms with Crippen LogP contribution in [0.5, 0.6) is 0 Å². The molecule has 4 atom stereocenters. The Bertz CT molecular complexity index is 594. The van der Waals surface area contributed by atoms with Crippen LogP contribution in [-0.4, -0.2) is 60.1 Å². The average molecular weight is 360 g/mol. The number of hydrogen-bond donors (Lipinski definition) is 1. The van der Waals surface area contributed by atoms with Crippen molar-refractivity contribution in [3.63, 3.8) is 0 Å². The normalized spacial score (nSPS) is 30.4. The Labute approximate surface area is 157 Å². The van der Waals surface area contributed by atoms with Crippen molar-refractivity contribution in [2.24, 2.45) is 11.7 Å². The highest BCUT2D eigenvalue weighted by molar-refractivity contribution is 5.94. The Hall–Kier alpha value is -1.43. The van der Waals surface area contributed by atoms with Gasteiger partial charge in [-0.15, -0.1) is 0 Å². The van der Waals surface area contributed by atoms with E-state index in [0.717, 1.165) is 44.6 Å². The Morgan fingerprint density at radius 3 is 2.42 bits per heavy atom. The first-order valence-electron chi connectivity index (χ1n) is 9.95. The van der Waals surface area contributed by atoms with Gasteiger partial charge in [-0.25, -0.2) is 0 Å². The molecule has 2 fully saturated rings. The third-order valence-electron chi connectivity index (χ3n) is 5.72. The third kappa shape index (κ3) is 4.45. The van der Waals surface area contributed by atoms with Gasteiger partial charge in [0.15, 0.2) is 0 Å². The number of nitrogens with two attached hydrogens (primary N) is 1.